The van der Waals surface area contributed by atoms with Crippen LogP contribution in [0.1, 0.15) is 12.5 Å². The Kier molecular flexibility index (Phi) is 2.65. The highest BCUT2D eigenvalue weighted by Crippen LogP contribution is 2.11. The van der Waals surface area contributed by atoms with E-state index in [-0.39, 0.29) is 5.28 Å². The van der Waals surface area contributed by atoms with E-state index < -0.39 is 0 Å². The second-order valence-corrected chi connectivity index (χ2v) is 2.54. The molecule has 0 aliphatic heterocycles. The Morgan fingerprint density at radius 1 is 1.64 bits per heavy atom. The third kappa shape index (κ3) is 2.05. The minimum Gasteiger partial charge on any atom is -0.370 e. The lowest BCUT2D eigenvalue weighted by Crippen LogP contribution is -2.02. The monoisotopic (exact) mass is 171 g/mol. The molecule has 0 fully saturated rings. The van der Waals surface area contributed by atoms with Crippen molar-refractivity contribution in [1.82, 2.24) is 9.97 Å². The Morgan fingerprint density at radius 3 is 3.00 bits per heavy atom. The number of halogens is 1. The zero-order valence-corrected chi connectivity index (χ0v) is 7.31. The number of aromatic nitrogens is 2. The summed E-state index contributed by atoms with van der Waals surface area (Å²) >= 11 is 5.59. The van der Waals surface area contributed by atoms with E-state index in [2.05, 4.69) is 15.3 Å². The van der Waals surface area contributed by atoms with Gasteiger partial charge in [-0.1, -0.05) is 0 Å². The summed E-state index contributed by atoms with van der Waals surface area (Å²) in [7, 11) is 0. The first kappa shape index (κ1) is 8.27. The van der Waals surface area contributed by atoms with E-state index in [4.69, 9.17) is 11.6 Å². The molecule has 0 saturated carbocycles. The topological polar surface area (TPSA) is 37.8 Å². The zero-order chi connectivity index (χ0) is 8.27. The third-order valence-corrected chi connectivity index (χ3v) is 1.47. The van der Waals surface area contributed by atoms with E-state index >= 15 is 0 Å². The lowest BCUT2D eigenvalue weighted by molar-refractivity contribution is 1.08. The Labute approximate surface area is 70.8 Å². The molecule has 0 saturated heterocycles. The van der Waals surface area contributed by atoms with Crippen molar-refractivity contribution in [3.8, 4) is 0 Å². The Balaban J connectivity index is 2.93. The number of nitrogens with zero attached hydrogens (tertiary/aromatic N) is 2. The van der Waals surface area contributed by atoms with Crippen molar-refractivity contribution in [3.63, 3.8) is 0 Å². The molecule has 0 bridgehead atoms. The molecule has 1 N–H and O–H groups in total. The van der Waals surface area contributed by atoms with Crippen LogP contribution in [0.5, 0.6) is 0 Å². The molecule has 11 heavy (non-hydrogen) atoms. The molecule has 4 heteroatoms. The molecule has 0 spiro atoms. The van der Waals surface area contributed by atoms with E-state index in [1.54, 1.807) is 6.20 Å². The van der Waals surface area contributed by atoms with E-state index in [0.717, 1.165) is 17.9 Å². The molecular weight excluding hydrogens is 162 g/mol. The first-order valence-electron chi connectivity index (χ1n) is 3.47. The molecule has 0 aliphatic carbocycles. The number of anilines is 1. The third-order valence-electron chi connectivity index (χ3n) is 1.29. The standard InChI is InChI=1S/C7H10ClN3/c1-3-9-6-5(2)4-10-7(8)11-6/h4H,3H2,1-2H3,(H,9,10,11). The first-order chi connectivity index (χ1) is 5.24. The Bertz CT molecular complexity index is 249. The van der Waals surface area contributed by atoms with Gasteiger partial charge in [0.1, 0.15) is 5.82 Å². The highest BCUT2D eigenvalue weighted by atomic mass is 35.5. The highest BCUT2D eigenvalue weighted by molar-refractivity contribution is 6.28. The smallest absolute Gasteiger partial charge is 0.224 e. The number of aryl methyl sites for hydroxylation is 1. The molecule has 1 rings (SSSR count). The van der Waals surface area contributed by atoms with Crippen molar-refractivity contribution < 1.29 is 0 Å². The quantitative estimate of drug-likeness (QED) is 0.691. The summed E-state index contributed by atoms with van der Waals surface area (Å²) in [5.74, 6) is 0.813. The number of hydrogen-bond acceptors (Lipinski definition) is 3. The maximum atomic E-state index is 5.59. The molecule has 0 unspecified atom stereocenters. The van der Waals surface area contributed by atoms with Crippen LogP contribution in [0.2, 0.25) is 5.28 Å². The first-order valence-corrected chi connectivity index (χ1v) is 3.85. The van der Waals surface area contributed by atoms with Gasteiger partial charge in [-0.15, -0.1) is 0 Å². The second-order valence-electron chi connectivity index (χ2n) is 2.20. The minimum atomic E-state index is 0.284. The van der Waals surface area contributed by atoms with Crippen molar-refractivity contribution in [2.45, 2.75) is 13.8 Å². The van der Waals surface area contributed by atoms with Gasteiger partial charge in [-0.25, -0.2) is 9.97 Å². The van der Waals surface area contributed by atoms with Crippen molar-refractivity contribution in [1.29, 1.82) is 0 Å². The van der Waals surface area contributed by atoms with Gasteiger partial charge in [-0.3, -0.25) is 0 Å². The average molecular weight is 172 g/mol. The van der Waals surface area contributed by atoms with Gasteiger partial charge >= 0.3 is 0 Å². The van der Waals surface area contributed by atoms with Crippen molar-refractivity contribution in [2.75, 3.05) is 11.9 Å². The number of nitrogens with one attached hydrogen (secondary N) is 1. The zero-order valence-electron chi connectivity index (χ0n) is 6.56. The summed E-state index contributed by atoms with van der Waals surface area (Å²) in [6, 6.07) is 0. The number of hydrogen-bond donors (Lipinski definition) is 1. The SMILES string of the molecule is CCNc1nc(Cl)ncc1C. The van der Waals surface area contributed by atoms with Gasteiger partial charge in [-0.2, -0.15) is 0 Å². The molecule has 60 valence electrons. The van der Waals surface area contributed by atoms with Crippen LogP contribution in [-0.4, -0.2) is 16.5 Å². The summed E-state index contributed by atoms with van der Waals surface area (Å²) in [6.45, 7) is 4.79. The average Bonchev–Trinajstić information content (AvgIpc) is 1.98. The van der Waals surface area contributed by atoms with Gasteiger partial charge in [0.2, 0.25) is 5.28 Å². The van der Waals surface area contributed by atoms with Gasteiger partial charge < -0.3 is 5.32 Å². The maximum absolute atomic E-state index is 5.59. The predicted molar refractivity (Wildman–Crippen MR) is 45.9 cm³/mol. The van der Waals surface area contributed by atoms with E-state index in [9.17, 15) is 0 Å². The normalized spacial score (nSPS) is 9.73. The lowest BCUT2D eigenvalue weighted by atomic mass is 10.3. The maximum Gasteiger partial charge on any atom is 0.224 e. The molecule has 0 atom stereocenters. The predicted octanol–water partition coefficient (Wildman–Crippen LogP) is 1.87. The summed E-state index contributed by atoms with van der Waals surface area (Å²) in [5.41, 5.74) is 1.01. The molecule has 0 aromatic carbocycles. The highest BCUT2D eigenvalue weighted by Gasteiger charge is 1.98. The van der Waals surface area contributed by atoms with Crippen LogP contribution in [0.4, 0.5) is 5.82 Å². The Hall–Kier alpha value is -0.830. The van der Waals surface area contributed by atoms with Crippen LogP contribution in [0.3, 0.4) is 0 Å². The van der Waals surface area contributed by atoms with Crippen molar-refractivity contribution in [3.05, 3.63) is 17.0 Å². The molecule has 1 aromatic heterocycles. The fraction of sp³-hybridized carbons (Fsp3) is 0.429. The molecular formula is C7H10ClN3. The second kappa shape index (κ2) is 3.53. The van der Waals surface area contributed by atoms with Crippen LogP contribution in [0, 0.1) is 6.92 Å². The van der Waals surface area contributed by atoms with Gasteiger partial charge in [0.15, 0.2) is 0 Å². The van der Waals surface area contributed by atoms with Crippen LogP contribution in [0.25, 0.3) is 0 Å². The summed E-state index contributed by atoms with van der Waals surface area (Å²) in [5, 5.41) is 3.36. The van der Waals surface area contributed by atoms with Crippen molar-refractivity contribution >= 4 is 17.4 Å². The van der Waals surface area contributed by atoms with Crippen LogP contribution in [0.15, 0.2) is 6.20 Å². The number of rotatable bonds is 2. The van der Waals surface area contributed by atoms with Gasteiger partial charge in [0, 0.05) is 18.3 Å². The summed E-state index contributed by atoms with van der Waals surface area (Å²) in [4.78, 5) is 7.84. The van der Waals surface area contributed by atoms with E-state index in [0.29, 0.717) is 0 Å². The molecule has 1 aromatic rings. The minimum absolute atomic E-state index is 0.284. The fourth-order valence-electron chi connectivity index (χ4n) is 0.767. The van der Waals surface area contributed by atoms with Crippen LogP contribution in [-0.2, 0) is 0 Å². The van der Waals surface area contributed by atoms with Crippen molar-refractivity contribution in [2.24, 2.45) is 0 Å². The largest absolute Gasteiger partial charge is 0.370 e. The Morgan fingerprint density at radius 2 is 2.36 bits per heavy atom. The molecule has 0 amide bonds. The van der Waals surface area contributed by atoms with E-state index in [1.165, 1.54) is 0 Å². The van der Waals surface area contributed by atoms with Gasteiger partial charge in [-0.05, 0) is 25.4 Å². The summed E-state index contributed by atoms with van der Waals surface area (Å²) in [6.07, 6.45) is 1.70. The molecule has 0 aliphatic rings. The van der Waals surface area contributed by atoms with Gasteiger partial charge in [0.05, 0.1) is 0 Å². The molecule has 0 radical (unpaired) electrons. The van der Waals surface area contributed by atoms with E-state index in [1.807, 2.05) is 13.8 Å². The van der Waals surface area contributed by atoms with Crippen LogP contribution >= 0.6 is 11.6 Å². The summed E-state index contributed by atoms with van der Waals surface area (Å²) < 4.78 is 0. The van der Waals surface area contributed by atoms with Crippen LogP contribution < -0.4 is 5.32 Å². The lowest BCUT2D eigenvalue weighted by Gasteiger charge is -2.04. The van der Waals surface area contributed by atoms with Gasteiger partial charge in [0.25, 0.3) is 0 Å². The molecule has 3 nitrogen and oxygen atoms in total. The molecule has 1 heterocycles. The fourth-order valence-corrected chi connectivity index (χ4v) is 0.900.